The summed E-state index contributed by atoms with van der Waals surface area (Å²) in [6, 6.07) is 15.0. The molecule has 10 heteroatoms. The summed E-state index contributed by atoms with van der Waals surface area (Å²) >= 11 is 0. The molecule has 0 aliphatic heterocycles. The van der Waals surface area contributed by atoms with E-state index in [1.165, 1.54) is 23.0 Å². The van der Waals surface area contributed by atoms with E-state index in [0.717, 1.165) is 0 Å². The second-order valence-electron chi connectivity index (χ2n) is 9.57. The molecule has 10 nitrogen and oxygen atoms in total. The van der Waals surface area contributed by atoms with E-state index in [-0.39, 0.29) is 24.9 Å². The molecule has 0 aliphatic carbocycles. The Labute approximate surface area is 221 Å². The van der Waals surface area contributed by atoms with Crippen LogP contribution in [0, 0.1) is 0 Å². The SMILES string of the molecule is CCC(C)(C)NC(=O)C(c1cc(OC)ccc1OC)N(Cc1ccco1)C(=O)Cn1nnc2ccccc21. The maximum Gasteiger partial charge on any atom is 0.248 e. The fourth-order valence-corrected chi connectivity index (χ4v) is 4.14. The fraction of sp³-hybridized carbons (Fsp3) is 0.357. The molecule has 0 aliphatic rings. The molecule has 38 heavy (non-hydrogen) atoms. The number of nitrogens with zero attached hydrogens (tertiary/aromatic N) is 4. The smallest absolute Gasteiger partial charge is 0.248 e. The molecule has 0 bridgehead atoms. The minimum Gasteiger partial charge on any atom is -0.497 e. The van der Waals surface area contributed by atoms with Gasteiger partial charge in [-0.2, -0.15) is 0 Å². The van der Waals surface area contributed by atoms with Gasteiger partial charge < -0.3 is 24.1 Å². The van der Waals surface area contributed by atoms with Crippen molar-refractivity contribution in [2.24, 2.45) is 0 Å². The molecule has 1 N–H and O–H groups in total. The van der Waals surface area contributed by atoms with Crippen LogP contribution in [0.15, 0.2) is 65.3 Å². The number of methoxy groups -OCH3 is 2. The van der Waals surface area contributed by atoms with Crippen LogP contribution in [-0.4, -0.2) is 51.5 Å². The highest BCUT2D eigenvalue weighted by Gasteiger charge is 2.37. The van der Waals surface area contributed by atoms with Crippen molar-refractivity contribution in [2.45, 2.75) is 51.9 Å². The fourth-order valence-electron chi connectivity index (χ4n) is 4.14. The number of carbonyl (C=O) groups excluding carboxylic acids is 2. The molecule has 2 amide bonds. The topological polar surface area (TPSA) is 112 Å². The number of nitrogens with one attached hydrogen (secondary N) is 1. The van der Waals surface area contributed by atoms with E-state index < -0.39 is 11.6 Å². The number of para-hydroxylation sites is 1. The normalized spacial score (nSPS) is 12.2. The van der Waals surface area contributed by atoms with Crippen molar-refractivity contribution in [3.8, 4) is 11.5 Å². The lowest BCUT2D eigenvalue weighted by atomic mass is 9.97. The molecule has 2 aromatic carbocycles. The lowest BCUT2D eigenvalue weighted by Gasteiger charge is -2.34. The molecule has 200 valence electrons. The number of hydrogen-bond acceptors (Lipinski definition) is 7. The summed E-state index contributed by atoms with van der Waals surface area (Å²) in [6.45, 7) is 5.77. The van der Waals surface area contributed by atoms with E-state index in [9.17, 15) is 9.59 Å². The molecule has 2 aromatic heterocycles. The van der Waals surface area contributed by atoms with E-state index in [1.807, 2.05) is 45.0 Å². The quantitative estimate of drug-likeness (QED) is 0.317. The molecule has 0 spiro atoms. The van der Waals surface area contributed by atoms with Gasteiger partial charge in [-0.1, -0.05) is 24.3 Å². The highest BCUT2D eigenvalue weighted by Crippen LogP contribution is 2.35. The third-order valence-electron chi connectivity index (χ3n) is 6.57. The molecule has 1 atom stereocenters. The maximum atomic E-state index is 14.0. The summed E-state index contributed by atoms with van der Waals surface area (Å²) in [4.78, 5) is 29.5. The highest BCUT2D eigenvalue weighted by atomic mass is 16.5. The summed E-state index contributed by atoms with van der Waals surface area (Å²) in [5.74, 6) is 0.795. The van der Waals surface area contributed by atoms with Crippen LogP contribution in [0.1, 0.15) is 44.6 Å². The molecular weight excluding hydrogens is 486 g/mol. The zero-order valence-corrected chi connectivity index (χ0v) is 22.3. The van der Waals surface area contributed by atoms with Crippen molar-refractivity contribution in [3.63, 3.8) is 0 Å². The van der Waals surface area contributed by atoms with Gasteiger partial charge in [0.15, 0.2) is 0 Å². The number of hydrogen-bond donors (Lipinski definition) is 1. The molecule has 4 aromatic rings. The third-order valence-corrected chi connectivity index (χ3v) is 6.57. The number of aromatic nitrogens is 3. The van der Waals surface area contributed by atoms with Gasteiger partial charge in [0.25, 0.3) is 0 Å². The summed E-state index contributed by atoms with van der Waals surface area (Å²) in [5.41, 5.74) is 1.36. The average Bonchev–Trinajstić information content (AvgIpc) is 3.58. The van der Waals surface area contributed by atoms with Crippen molar-refractivity contribution in [1.82, 2.24) is 25.2 Å². The Morgan fingerprint density at radius 2 is 1.89 bits per heavy atom. The standard InChI is InChI=1S/C28H33N5O5/c1-6-28(2,3)29-27(35)26(21-16-19(36-4)13-14-24(21)37-5)32(17-20-10-9-15-38-20)25(34)18-33-23-12-8-7-11-22(23)30-31-33/h7-16,26H,6,17-18H2,1-5H3,(H,29,35). The summed E-state index contributed by atoms with van der Waals surface area (Å²) < 4.78 is 18.2. The Morgan fingerprint density at radius 3 is 2.58 bits per heavy atom. The summed E-state index contributed by atoms with van der Waals surface area (Å²) in [5, 5.41) is 11.4. The van der Waals surface area contributed by atoms with Crippen molar-refractivity contribution in [2.75, 3.05) is 14.2 Å². The second kappa shape index (κ2) is 11.4. The van der Waals surface area contributed by atoms with Gasteiger partial charge in [0.05, 0.1) is 32.5 Å². The highest BCUT2D eigenvalue weighted by molar-refractivity contribution is 5.90. The van der Waals surface area contributed by atoms with Crippen molar-refractivity contribution in [3.05, 3.63) is 72.2 Å². The van der Waals surface area contributed by atoms with E-state index in [0.29, 0.717) is 40.3 Å². The van der Waals surface area contributed by atoms with Gasteiger partial charge in [0.2, 0.25) is 11.8 Å². The zero-order chi connectivity index (χ0) is 27.3. The van der Waals surface area contributed by atoms with Crippen LogP contribution in [0.5, 0.6) is 11.5 Å². The van der Waals surface area contributed by atoms with Crippen LogP contribution in [-0.2, 0) is 22.7 Å². The first-order valence-corrected chi connectivity index (χ1v) is 12.4. The first-order chi connectivity index (χ1) is 18.3. The van der Waals surface area contributed by atoms with Gasteiger partial charge in [-0.05, 0) is 62.7 Å². The van der Waals surface area contributed by atoms with Crippen LogP contribution in [0.2, 0.25) is 0 Å². The first kappa shape index (κ1) is 26.7. The maximum absolute atomic E-state index is 14.0. The molecule has 2 heterocycles. The number of rotatable bonds is 11. The lowest BCUT2D eigenvalue weighted by molar-refractivity contribution is -0.143. The van der Waals surface area contributed by atoms with Gasteiger partial charge in [-0.15, -0.1) is 5.10 Å². The van der Waals surface area contributed by atoms with E-state index in [1.54, 1.807) is 37.4 Å². The van der Waals surface area contributed by atoms with E-state index in [4.69, 9.17) is 13.9 Å². The number of carbonyl (C=O) groups is 2. The summed E-state index contributed by atoms with van der Waals surface area (Å²) in [7, 11) is 3.07. The van der Waals surface area contributed by atoms with Gasteiger partial charge >= 0.3 is 0 Å². The predicted octanol–water partition coefficient (Wildman–Crippen LogP) is 4.12. The van der Waals surface area contributed by atoms with Crippen LogP contribution in [0.3, 0.4) is 0 Å². The van der Waals surface area contributed by atoms with Crippen LogP contribution in [0.25, 0.3) is 11.0 Å². The number of ether oxygens (including phenoxy) is 2. The number of furan rings is 1. The summed E-state index contributed by atoms with van der Waals surface area (Å²) in [6.07, 6.45) is 2.22. The Bertz CT molecular complexity index is 1400. The van der Waals surface area contributed by atoms with Crippen LogP contribution >= 0.6 is 0 Å². The molecule has 0 radical (unpaired) electrons. The molecule has 0 saturated carbocycles. The second-order valence-corrected chi connectivity index (χ2v) is 9.57. The minimum atomic E-state index is -1.06. The number of amides is 2. The Morgan fingerprint density at radius 1 is 1.11 bits per heavy atom. The Balaban J connectivity index is 1.82. The molecular formula is C28H33N5O5. The molecule has 4 rings (SSSR count). The lowest BCUT2D eigenvalue weighted by Crippen LogP contribution is -2.50. The van der Waals surface area contributed by atoms with Crippen molar-refractivity contribution in [1.29, 1.82) is 0 Å². The molecule has 1 unspecified atom stereocenters. The van der Waals surface area contributed by atoms with Gasteiger partial charge in [0.1, 0.15) is 35.4 Å². The van der Waals surface area contributed by atoms with Gasteiger partial charge in [0, 0.05) is 11.1 Å². The zero-order valence-electron chi connectivity index (χ0n) is 22.3. The molecule has 0 saturated heterocycles. The number of fused-ring (bicyclic) bond motifs is 1. The first-order valence-electron chi connectivity index (χ1n) is 12.4. The van der Waals surface area contributed by atoms with Crippen molar-refractivity contribution < 1.29 is 23.5 Å². The van der Waals surface area contributed by atoms with Crippen molar-refractivity contribution >= 4 is 22.8 Å². The van der Waals surface area contributed by atoms with E-state index in [2.05, 4.69) is 15.6 Å². The average molecular weight is 520 g/mol. The molecule has 0 fully saturated rings. The Kier molecular flexibility index (Phi) is 7.99. The number of benzene rings is 2. The third kappa shape index (κ3) is 5.80. The largest absolute Gasteiger partial charge is 0.497 e. The monoisotopic (exact) mass is 519 g/mol. The van der Waals surface area contributed by atoms with E-state index >= 15 is 0 Å². The van der Waals surface area contributed by atoms with Crippen LogP contribution < -0.4 is 14.8 Å². The van der Waals surface area contributed by atoms with Crippen LogP contribution in [0.4, 0.5) is 0 Å². The van der Waals surface area contributed by atoms with Gasteiger partial charge in [-0.3, -0.25) is 9.59 Å². The predicted molar refractivity (Wildman–Crippen MR) is 142 cm³/mol. The minimum absolute atomic E-state index is 0.0451. The van der Waals surface area contributed by atoms with Gasteiger partial charge in [-0.25, -0.2) is 4.68 Å². The Hall–Kier alpha value is -4.34.